The van der Waals surface area contributed by atoms with Crippen LogP contribution in [-0.2, 0) is 6.42 Å². The molecule has 0 amide bonds. The van der Waals surface area contributed by atoms with Crippen molar-refractivity contribution in [1.29, 1.82) is 0 Å². The van der Waals surface area contributed by atoms with Crippen LogP contribution >= 0.6 is 11.6 Å². The molecule has 0 aliphatic carbocycles. The van der Waals surface area contributed by atoms with Gasteiger partial charge in [0.15, 0.2) is 0 Å². The Morgan fingerprint density at radius 1 is 1.24 bits per heavy atom. The maximum absolute atomic E-state index is 12.3. The van der Waals surface area contributed by atoms with E-state index in [9.17, 15) is 13.2 Å². The second kappa shape index (κ2) is 6.26. The number of likely N-dealkylation sites (N-methyl/N-ethyl adjacent to an activating group) is 1. The van der Waals surface area contributed by atoms with Gasteiger partial charge in [-0.05, 0) is 30.7 Å². The Balaban J connectivity index is 2.63. The van der Waals surface area contributed by atoms with Gasteiger partial charge in [-0.25, -0.2) is 0 Å². The summed E-state index contributed by atoms with van der Waals surface area (Å²) in [5, 5.41) is 3.44. The number of hydrogen-bond acceptors (Lipinski definition) is 1. The van der Waals surface area contributed by atoms with E-state index in [1.807, 2.05) is 0 Å². The third-order valence-electron chi connectivity index (χ3n) is 2.37. The fourth-order valence-corrected chi connectivity index (χ4v) is 1.82. The maximum atomic E-state index is 12.3. The van der Waals surface area contributed by atoms with Crippen LogP contribution in [0.3, 0.4) is 0 Å². The van der Waals surface area contributed by atoms with E-state index in [1.165, 1.54) is 0 Å². The van der Waals surface area contributed by atoms with E-state index < -0.39 is 18.6 Å². The predicted molar refractivity (Wildman–Crippen MR) is 63.3 cm³/mol. The Labute approximate surface area is 104 Å². The zero-order valence-corrected chi connectivity index (χ0v) is 10.3. The SMILES string of the molecule is CCNC(Cc1ccc(Cl)cc1)CC(F)(F)F. The quantitative estimate of drug-likeness (QED) is 0.854. The fourth-order valence-electron chi connectivity index (χ4n) is 1.69. The summed E-state index contributed by atoms with van der Waals surface area (Å²) < 4.78 is 37.0. The van der Waals surface area contributed by atoms with Crippen molar-refractivity contribution >= 4 is 11.6 Å². The monoisotopic (exact) mass is 265 g/mol. The standard InChI is InChI=1S/C12H15ClF3N/c1-2-17-11(8-12(14,15)16)7-9-3-5-10(13)6-4-9/h3-6,11,17H,2,7-8H2,1H3. The molecule has 0 saturated heterocycles. The lowest BCUT2D eigenvalue weighted by Gasteiger charge is -2.19. The van der Waals surface area contributed by atoms with Crippen LogP contribution in [-0.4, -0.2) is 18.8 Å². The summed E-state index contributed by atoms with van der Waals surface area (Å²) in [6.07, 6.45) is -4.60. The first-order valence-electron chi connectivity index (χ1n) is 5.45. The van der Waals surface area contributed by atoms with E-state index >= 15 is 0 Å². The molecule has 0 saturated carbocycles. The molecule has 1 nitrogen and oxygen atoms in total. The first-order chi connectivity index (χ1) is 7.90. The first kappa shape index (κ1) is 14.3. The van der Waals surface area contributed by atoms with E-state index in [2.05, 4.69) is 5.32 Å². The Morgan fingerprint density at radius 3 is 2.29 bits per heavy atom. The lowest BCUT2D eigenvalue weighted by atomic mass is 10.0. The molecular formula is C12H15ClF3N. The average molecular weight is 266 g/mol. The highest BCUT2D eigenvalue weighted by atomic mass is 35.5. The van der Waals surface area contributed by atoms with E-state index in [4.69, 9.17) is 11.6 Å². The third kappa shape index (κ3) is 5.94. The number of alkyl halides is 3. The van der Waals surface area contributed by atoms with Gasteiger partial charge in [-0.1, -0.05) is 30.7 Å². The Kier molecular flexibility index (Phi) is 5.28. The molecule has 0 aromatic heterocycles. The van der Waals surface area contributed by atoms with Gasteiger partial charge in [-0.2, -0.15) is 13.2 Å². The lowest BCUT2D eigenvalue weighted by molar-refractivity contribution is -0.139. The van der Waals surface area contributed by atoms with Gasteiger partial charge >= 0.3 is 6.18 Å². The molecule has 0 aliphatic rings. The van der Waals surface area contributed by atoms with Crippen molar-refractivity contribution in [1.82, 2.24) is 5.32 Å². The van der Waals surface area contributed by atoms with E-state index in [0.717, 1.165) is 5.56 Å². The van der Waals surface area contributed by atoms with Crippen LogP contribution in [0.4, 0.5) is 13.2 Å². The van der Waals surface area contributed by atoms with Crippen LogP contribution in [0, 0.1) is 0 Å². The topological polar surface area (TPSA) is 12.0 Å². The lowest BCUT2D eigenvalue weighted by Crippen LogP contribution is -2.35. The Hall–Kier alpha value is -0.740. The minimum Gasteiger partial charge on any atom is -0.314 e. The second-order valence-electron chi connectivity index (χ2n) is 3.90. The molecule has 0 fully saturated rings. The number of rotatable bonds is 5. The molecule has 0 spiro atoms. The van der Waals surface area contributed by atoms with Crippen molar-refractivity contribution in [2.45, 2.75) is 32.0 Å². The maximum Gasteiger partial charge on any atom is 0.390 e. The number of benzene rings is 1. The summed E-state index contributed by atoms with van der Waals surface area (Å²) in [6, 6.07) is 6.30. The molecule has 1 rings (SSSR count). The summed E-state index contributed by atoms with van der Waals surface area (Å²) in [7, 11) is 0. The van der Waals surface area contributed by atoms with Crippen molar-refractivity contribution in [2.24, 2.45) is 0 Å². The number of hydrogen-bond donors (Lipinski definition) is 1. The molecule has 0 aliphatic heterocycles. The third-order valence-corrected chi connectivity index (χ3v) is 2.62. The minimum absolute atomic E-state index is 0.352. The summed E-state index contributed by atoms with van der Waals surface area (Å²) in [6.45, 7) is 2.32. The second-order valence-corrected chi connectivity index (χ2v) is 4.34. The van der Waals surface area contributed by atoms with Gasteiger partial charge in [0.05, 0.1) is 6.42 Å². The molecular weight excluding hydrogens is 251 g/mol. The molecule has 1 aromatic carbocycles. The van der Waals surface area contributed by atoms with Crippen molar-refractivity contribution in [3.8, 4) is 0 Å². The van der Waals surface area contributed by atoms with Gasteiger partial charge in [-0.3, -0.25) is 0 Å². The smallest absolute Gasteiger partial charge is 0.314 e. The minimum atomic E-state index is -4.14. The summed E-state index contributed by atoms with van der Waals surface area (Å²) >= 11 is 5.72. The normalized spacial score (nSPS) is 13.7. The molecule has 0 radical (unpaired) electrons. The van der Waals surface area contributed by atoms with Crippen LogP contribution in [0.1, 0.15) is 18.9 Å². The molecule has 96 valence electrons. The number of nitrogens with one attached hydrogen (secondary N) is 1. The molecule has 1 aromatic rings. The summed E-state index contributed by atoms with van der Waals surface area (Å²) in [4.78, 5) is 0. The summed E-state index contributed by atoms with van der Waals surface area (Å²) in [5.41, 5.74) is 0.851. The largest absolute Gasteiger partial charge is 0.390 e. The average Bonchev–Trinajstić information content (AvgIpc) is 2.19. The van der Waals surface area contributed by atoms with Crippen LogP contribution in [0.2, 0.25) is 5.02 Å². The molecule has 17 heavy (non-hydrogen) atoms. The van der Waals surface area contributed by atoms with Crippen LogP contribution in [0.5, 0.6) is 0 Å². The molecule has 1 unspecified atom stereocenters. The molecule has 5 heteroatoms. The predicted octanol–water partition coefficient (Wildman–Crippen LogP) is 3.81. The van der Waals surface area contributed by atoms with Gasteiger partial charge in [0.1, 0.15) is 0 Å². The van der Waals surface area contributed by atoms with Gasteiger partial charge in [0.2, 0.25) is 0 Å². The molecule has 0 bridgehead atoms. The van der Waals surface area contributed by atoms with E-state index in [0.29, 0.717) is 18.0 Å². The molecule has 0 heterocycles. The Morgan fingerprint density at radius 2 is 1.82 bits per heavy atom. The van der Waals surface area contributed by atoms with Gasteiger partial charge in [0.25, 0.3) is 0 Å². The van der Waals surface area contributed by atoms with Crippen molar-refractivity contribution in [2.75, 3.05) is 6.54 Å². The Bertz CT molecular complexity index is 335. The van der Waals surface area contributed by atoms with Gasteiger partial charge < -0.3 is 5.32 Å². The van der Waals surface area contributed by atoms with Gasteiger partial charge in [-0.15, -0.1) is 0 Å². The zero-order valence-electron chi connectivity index (χ0n) is 9.52. The van der Waals surface area contributed by atoms with Crippen LogP contribution in [0.15, 0.2) is 24.3 Å². The highest BCUT2D eigenvalue weighted by Crippen LogP contribution is 2.23. The molecule has 1 atom stereocenters. The van der Waals surface area contributed by atoms with Crippen LogP contribution < -0.4 is 5.32 Å². The van der Waals surface area contributed by atoms with Crippen molar-refractivity contribution < 1.29 is 13.2 Å². The molecule has 1 N–H and O–H groups in total. The van der Waals surface area contributed by atoms with Crippen molar-refractivity contribution in [3.63, 3.8) is 0 Å². The number of halogens is 4. The van der Waals surface area contributed by atoms with Crippen LogP contribution in [0.25, 0.3) is 0 Å². The van der Waals surface area contributed by atoms with Gasteiger partial charge in [0, 0.05) is 11.1 Å². The highest BCUT2D eigenvalue weighted by Gasteiger charge is 2.31. The summed E-state index contributed by atoms with van der Waals surface area (Å²) in [5.74, 6) is 0. The van der Waals surface area contributed by atoms with E-state index in [1.54, 1.807) is 31.2 Å². The highest BCUT2D eigenvalue weighted by molar-refractivity contribution is 6.30. The van der Waals surface area contributed by atoms with Crippen molar-refractivity contribution in [3.05, 3.63) is 34.9 Å². The fraction of sp³-hybridized carbons (Fsp3) is 0.500. The van der Waals surface area contributed by atoms with E-state index in [-0.39, 0.29) is 0 Å². The zero-order chi connectivity index (χ0) is 12.9. The first-order valence-corrected chi connectivity index (χ1v) is 5.83.